The first-order valence-corrected chi connectivity index (χ1v) is 8.18. The second-order valence-electron chi connectivity index (χ2n) is 6.20. The van der Waals surface area contributed by atoms with Crippen molar-refractivity contribution in [3.05, 3.63) is 53.3 Å². The first-order valence-electron chi connectivity index (χ1n) is 8.18. The van der Waals surface area contributed by atoms with Crippen molar-refractivity contribution in [3.8, 4) is 11.8 Å². The monoisotopic (exact) mass is 307 g/mol. The molecule has 2 aromatic rings. The predicted octanol–water partition coefficient (Wildman–Crippen LogP) is 3.72. The Morgan fingerprint density at radius 3 is 2.52 bits per heavy atom. The Bertz CT molecular complexity index is 731. The maximum Gasteiger partial charge on any atom is 0.269 e. The molecule has 1 aromatic heterocycles. The lowest BCUT2D eigenvalue weighted by Gasteiger charge is -2.23. The van der Waals surface area contributed by atoms with Gasteiger partial charge >= 0.3 is 0 Å². The average molecular weight is 307 g/mol. The number of carbonyl (C=O) groups excluding carboxylic acids is 1. The molecule has 1 amide bonds. The zero-order valence-electron chi connectivity index (χ0n) is 13.4. The van der Waals surface area contributed by atoms with Crippen LogP contribution in [0, 0.1) is 18.3 Å². The molecule has 1 aromatic carbocycles. The van der Waals surface area contributed by atoms with Crippen molar-refractivity contribution >= 4 is 5.91 Å². The molecule has 0 radical (unpaired) electrons. The molecule has 4 nitrogen and oxygen atoms in total. The van der Waals surface area contributed by atoms with Gasteiger partial charge in [0.2, 0.25) is 0 Å². The minimum Gasteiger partial charge on any atom is -0.348 e. The van der Waals surface area contributed by atoms with Crippen LogP contribution in [0.3, 0.4) is 0 Å². The number of nitriles is 1. The van der Waals surface area contributed by atoms with E-state index < -0.39 is 0 Å². The molecular formula is C19H21N3O. The fourth-order valence-electron chi connectivity index (χ4n) is 3.18. The van der Waals surface area contributed by atoms with Gasteiger partial charge < -0.3 is 9.88 Å². The Hall–Kier alpha value is -2.54. The summed E-state index contributed by atoms with van der Waals surface area (Å²) >= 11 is 0. The maximum atomic E-state index is 12.7. The van der Waals surface area contributed by atoms with Crippen LogP contribution >= 0.6 is 0 Å². The molecule has 0 bridgehead atoms. The lowest BCUT2D eigenvalue weighted by atomic mass is 9.95. The molecule has 0 saturated heterocycles. The third-order valence-electron chi connectivity index (χ3n) is 4.47. The quantitative estimate of drug-likeness (QED) is 0.939. The van der Waals surface area contributed by atoms with E-state index in [1.54, 1.807) is 16.8 Å². The van der Waals surface area contributed by atoms with Crippen molar-refractivity contribution in [2.24, 2.45) is 0 Å². The maximum absolute atomic E-state index is 12.7. The molecule has 0 unspecified atom stereocenters. The summed E-state index contributed by atoms with van der Waals surface area (Å²) < 4.78 is 1.80. The van der Waals surface area contributed by atoms with Gasteiger partial charge in [-0.15, -0.1) is 0 Å². The molecule has 4 heteroatoms. The van der Waals surface area contributed by atoms with Gasteiger partial charge in [0, 0.05) is 17.9 Å². The van der Waals surface area contributed by atoms with Gasteiger partial charge in [-0.2, -0.15) is 5.26 Å². The molecule has 1 fully saturated rings. The fraction of sp³-hybridized carbons (Fsp3) is 0.368. The van der Waals surface area contributed by atoms with Crippen LogP contribution in [0.25, 0.3) is 5.69 Å². The van der Waals surface area contributed by atoms with E-state index in [1.807, 2.05) is 31.2 Å². The highest BCUT2D eigenvalue weighted by Gasteiger charge is 2.22. The number of carbonyl (C=O) groups is 1. The van der Waals surface area contributed by atoms with Gasteiger partial charge in [0.05, 0.1) is 5.56 Å². The summed E-state index contributed by atoms with van der Waals surface area (Å²) in [6, 6.07) is 12.0. The highest BCUT2D eigenvalue weighted by Crippen LogP contribution is 2.21. The predicted molar refractivity (Wildman–Crippen MR) is 89.6 cm³/mol. The van der Waals surface area contributed by atoms with E-state index >= 15 is 0 Å². The van der Waals surface area contributed by atoms with Crippen LogP contribution in [-0.4, -0.2) is 16.5 Å². The van der Waals surface area contributed by atoms with Crippen molar-refractivity contribution in [1.82, 2.24) is 9.88 Å². The normalized spacial score (nSPS) is 15.1. The van der Waals surface area contributed by atoms with Gasteiger partial charge in [0.15, 0.2) is 0 Å². The third kappa shape index (κ3) is 3.29. The Morgan fingerprint density at radius 2 is 1.87 bits per heavy atom. The van der Waals surface area contributed by atoms with Gasteiger partial charge in [0.1, 0.15) is 11.8 Å². The number of amides is 1. The molecular weight excluding hydrogens is 286 g/mol. The molecule has 23 heavy (non-hydrogen) atoms. The summed E-state index contributed by atoms with van der Waals surface area (Å²) in [5, 5.41) is 12.4. The first-order chi connectivity index (χ1) is 11.2. The second-order valence-corrected chi connectivity index (χ2v) is 6.20. The Labute approximate surface area is 136 Å². The average Bonchev–Trinajstić information content (AvgIpc) is 3.00. The summed E-state index contributed by atoms with van der Waals surface area (Å²) in [6.45, 7) is 2.02. The van der Waals surface area contributed by atoms with Crippen LogP contribution in [0.15, 0.2) is 36.5 Å². The van der Waals surface area contributed by atoms with Gasteiger partial charge in [-0.1, -0.05) is 37.0 Å². The van der Waals surface area contributed by atoms with Crippen LogP contribution in [-0.2, 0) is 0 Å². The van der Waals surface area contributed by atoms with E-state index in [9.17, 15) is 10.1 Å². The van der Waals surface area contributed by atoms with Crippen molar-refractivity contribution < 1.29 is 4.79 Å². The number of hydrogen-bond acceptors (Lipinski definition) is 2. The number of nitrogens with zero attached hydrogens (tertiary/aromatic N) is 2. The number of aromatic nitrogens is 1. The molecule has 0 atom stereocenters. The van der Waals surface area contributed by atoms with Crippen molar-refractivity contribution in [2.45, 2.75) is 45.1 Å². The second kappa shape index (κ2) is 6.70. The largest absolute Gasteiger partial charge is 0.348 e. The zero-order valence-corrected chi connectivity index (χ0v) is 13.4. The van der Waals surface area contributed by atoms with Crippen LogP contribution in [0.1, 0.15) is 53.7 Å². The van der Waals surface area contributed by atoms with E-state index in [0.717, 1.165) is 36.9 Å². The fourth-order valence-corrected chi connectivity index (χ4v) is 3.18. The standard InChI is InChI=1S/C19H21N3O/c1-14-7-9-17(10-8-14)22-12-11-15(13-20)18(22)19(23)21-16-5-3-2-4-6-16/h7-12,16H,2-6H2,1H3,(H,21,23). The highest BCUT2D eigenvalue weighted by atomic mass is 16.2. The summed E-state index contributed by atoms with van der Waals surface area (Å²) in [4.78, 5) is 12.7. The van der Waals surface area contributed by atoms with Gasteiger partial charge in [-0.05, 0) is 38.0 Å². The summed E-state index contributed by atoms with van der Waals surface area (Å²) in [6.07, 6.45) is 7.41. The van der Waals surface area contributed by atoms with E-state index in [0.29, 0.717) is 11.3 Å². The third-order valence-corrected chi connectivity index (χ3v) is 4.47. The number of aryl methyl sites for hydroxylation is 1. The zero-order chi connectivity index (χ0) is 16.2. The van der Waals surface area contributed by atoms with Gasteiger partial charge in [0.25, 0.3) is 5.91 Å². The minimum absolute atomic E-state index is 0.154. The Balaban J connectivity index is 1.90. The topological polar surface area (TPSA) is 57.8 Å². The summed E-state index contributed by atoms with van der Waals surface area (Å²) in [5.41, 5.74) is 2.90. The molecule has 118 valence electrons. The highest BCUT2D eigenvalue weighted by molar-refractivity contribution is 5.96. The Morgan fingerprint density at radius 1 is 1.17 bits per heavy atom. The molecule has 1 saturated carbocycles. The Kier molecular flexibility index (Phi) is 4.47. The van der Waals surface area contributed by atoms with Crippen LogP contribution in [0.5, 0.6) is 0 Å². The van der Waals surface area contributed by atoms with Gasteiger partial charge in [-0.25, -0.2) is 0 Å². The van der Waals surface area contributed by atoms with Crippen LogP contribution in [0.2, 0.25) is 0 Å². The lowest BCUT2D eigenvalue weighted by Crippen LogP contribution is -2.37. The number of rotatable bonds is 3. The van der Waals surface area contributed by atoms with E-state index in [4.69, 9.17) is 0 Å². The number of nitrogens with one attached hydrogen (secondary N) is 1. The molecule has 1 aliphatic carbocycles. The smallest absolute Gasteiger partial charge is 0.269 e. The molecule has 0 aliphatic heterocycles. The van der Waals surface area contributed by atoms with E-state index in [1.165, 1.54) is 6.42 Å². The van der Waals surface area contributed by atoms with E-state index in [2.05, 4.69) is 11.4 Å². The van der Waals surface area contributed by atoms with Crippen LogP contribution in [0.4, 0.5) is 0 Å². The van der Waals surface area contributed by atoms with Gasteiger partial charge in [-0.3, -0.25) is 4.79 Å². The SMILES string of the molecule is Cc1ccc(-n2ccc(C#N)c2C(=O)NC2CCCCC2)cc1. The number of benzene rings is 1. The van der Waals surface area contributed by atoms with Crippen molar-refractivity contribution in [2.75, 3.05) is 0 Å². The minimum atomic E-state index is -0.154. The molecule has 0 spiro atoms. The number of hydrogen-bond donors (Lipinski definition) is 1. The molecule has 1 heterocycles. The molecule has 1 aliphatic rings. The van der Waals surface area contributed by atoms with Crippen LogP contribution < -0.4 is 5.32 Å². The lowest BCUT2D eigenvalue weighted by molar-refractivity contribution is 0.0920. The van der Waals surface area contributed by atoms with Crippen molar-refractivity contribution in [1.29, 1.82) is 5.26 Å². The van der Waals surface area contributed by atoms with Crippen molar-refractivity contribution in [3.63, 3.8) is 0 Å². The first kappa shape index (κ1) is 15.4. The van der Waals surface area contributed by atoms with E-state index in [-0.39, 0.29) is 11.9 Å². The molecule has 3 rings (SSSR count). The summed E-state index contributed by atoms with van der Waals surface area (Å²) in [5.74, 6) is -0.154. The molecule has 1 N–H and O–H groups in total. The summed E-state index contributed by atoms with van der Waals surface area (Å²) in [7, 11) is 0.